The van der Waals surface area contributed by atoms with E-state index in [0.29, 0.717) is 18.2 Å². The van der Waals surface area contributed by atoms with E-state index < -0.39 is 0 Å². The van der Waals surface area contributed by atoms with Gasteiger partial charge in [0.15, 0.2) is 0 Å². The first-order valence-electron chi connectivity index (χ1n) is 5.34. The largest absolute Gasteiger partial charge is 0.409 e. The molecule has 82 valence electrons. The molecular weight excluding hydrogens is 178 g/mol. The zero-order valence-electron chi connectivity index (χ0n) is 9.11. The highest BCUT2D eigenvalue weighted by Crippen LogP contribution is 2.27. The molecule has 0 aromatic heterocycles. The van der Waals surface area contributed by atoms with Crippen LogP contribution in [0.1, 0.15) is 33.1 Å². The molecule has 0 aromatic rings. The van der Waals surface area contributed by atoms with Gasteiger partial charge >= 0.3 is 0 Å². The summed E-state index contributed by atoms with van der Waals surface area (Å²) in [4.78, 5) is 2.45. The lowest BCUT2D eigenvalue weighted by Gasteiger charge is -2.23. The standard InChI is InChI=1S/C10H21N3O/c1-8(2)7-13(9-3-4-9)6-5-10(11)12-14/h8-9,14H,3-7H2,1-2H3,(H2,11,12). The van der Waals surface area contributed by atoms with Crippen molar-refractivity contribution in [1.29, 1.82) is 0 Å². The van der Waals surface area contributed by atoms with Gasteiger partial charge < -0.3 is 10.9 Å². The zero-order valence-corrected chi connectivity index (χ0v) is 9.11. The maximum Gasteiger partial charge on any atom is 0.140 e. The lowest BCUT2D eigenvalue weighted by molar-refractivity contribution is 0.239. The second-order valence-electron chi connectivity index (χ2n) is 4.46. The minimum Gasteiger partial charge on any atom is -0.409 e. The molecule has 0 spiro atoms. The lowest BCUT2D eigenvalue weighted by Crippen LogP contribution is -2.33. The number of hydrogen-bond acceptors (Lipinski definition) is 3. The van der Waals surface area contributed by atoms with E-state index in [0.717, 1.165) is 19.1 Å². The van der Waals surface area contributed by atoms with E-state index in [4.69, 9.17) is 10.9 Å². The van der Waals surface area contributed by atoms with E-state index in [1.807, 2.05) is 0 Å². The molecule has 0 heterocycles. The van der Waals surface area contributed by atoms with Gasteiger partial charge in [-0.1, -0.05) is 19.0 Å². The summed E-state index contributed by atoms with van der Waals surface area (Å²) in [7, 11) is 0. The van der Waals surface area contributed by atoms with Crippen molar-refractivity contribution in [3.8, 4) is 0 Å². The normalized spacial score (nSPS) is 18.1. The number of hydrogen-bond donors (Lipinski definition) is 2. The van der Waals surface area contributed by atoms with Crippen molar-refractivity contribution in [3.63, 3.8) is 0 Å². The zero-order chi connectivity index (χ0) is 10.6. The van der Waals surface area contributed by atoms with Crippen LogP contribution in [0.5, 0.6) is 0 Å². The Morgan fingerprint density at radius 1 is 1.57 bits per heavy atom. The second kappa shape index (κ2) is 5.20. The molecule has 14 heavy (non-hydrogen) atoms. The smallest absolute Gasteiger partial charge is 0.140 e. The molecule has 1 rings (SSSR count). The fourth-order valence-corrected chi connectivity index (χ4v) is 1.64. The second-order valence-corrected chi connectivity index (χ2v) is 4.46. The van der Waals surface area contributed by atoms with Crippen LogP contribution < -0.4 is 5.73 Å². The summed E-state index contributed by atoms with van der Waals surface area (Å²) >= 11 is 0. The number of nitrogens with zero attached hydrogens (tertiary/aromatic N) is 2. The lowest BCUT2D eigenvalue weighted by atomic mass is 10.2. The van der Waals surface area contributed by atoms with Crippen molar-refractivity contribution in [3.05, 3.63) is 0 Å². The molecule has 0 aromatic carbocycles. The van der Waals surface area contributed by atoms with Crippen LogP contribution in [0.15, 0.2) is 5.16 Å². The molecule has 0 amide bonds. The first-order valence-corrected chi connectivity index (χ1v) is 5.34. The van der Waals surface area contributed by atoms with Gasteiger partial charge in [0, 0.05) is 25.6 Å². The average Bonchev–Trinajstić information content (AvgIpc) is 2.94. The van der Waals surface area contributed by atoms with E-state index in [1.165, 1.54) is 12.8 Å². The van der Waals surface area contributed by atoms with E-state index in [2.05, 4.69) is 23.9 Å². The van der Waals surface area contributed by atoms with Crippen molar-refractivity contribution >= 4 is 5.84 Å². The third-order valence-electron chi connectivity index (χ3n) is 2.45. The molecule has 0 unspecified atom stereocenters. The molecule has 0 atom stereocenters. The van der Waals surface area contributed by atoms with Crippen LogP contribution in [0, 0.1) is 5.92 Å². The van der Waals surface area contributed by atoms with Crippen molar-refractivity contribution in [1.82, 2.24) is 4.90 Å². The number of amidine groups is 1. The van der Waals surface area contributed by atoms with Gasteiger partial charge in [-0.05, 0) is 18.8 Å². The predicted molar refractivity (Wildman–Crippen MR) is 57.5 cm³/mol. The minimum atomic E-state index is 0.333. The molecule has 3 N–H and O–H groups in total. The Kier molecular flexibility index (Phi) is 4.20. The number of oxime groups is 1. The quantitative estimate of drug-likeness (QED) is 0.293. The highest BCUT2D eigenvalue weighted by atomic mass is 16.4. The molecule has 1 fully saturated rings. The predicted octanol–water partition coefficient (Wildman–Crippen LogP) is 1.24. The fraction of sp³-hybridized carbons (Fsp3) is 0.900. The molecule has 0 radical (unpaired) electrons. The first-order chi connectivity index (χ1) is 6.63. The van der Waals surface area contributed by atoms with E-state index in [9.17, 15) is 0 Å². The molecule has 4 nitrogen and oxygen atoms in total. The third-order valence-corrected chi connectivity index (χ3v) is 2.45. The highest BCUT2D eigenvalue weighted by molar-refractivity contribution is 5.79. The van der Waals surface area contributed by atoms with Gasteiger partial charge in [-0.2, -0.15) is 0 Å². The van der Waals surface area contributed by atoms with E-state index in [-0.39, 0.29) is 0 Å². The van der Waals surface area contributed by atoms with Crippen molar-refractivity contribution < 1.29 is 5.21 Å². The summed E-state index contributed by atoms with van der Waals surface area (Å²) in [5.74, 6) is 1.02. The Balaban J connectivity index is 2.28. The summed E-state index contributed by atoms with van der Waals surface area (Å²) in [5.41, 5.74) is 5.45. The summed E-state index contributed by atoms with van der Waals surface area (Å²) in [5, 5.41) is 11.4. The van der Waals surface area contributed by atoms with Gasteiger partial charge in [0.25, 0.3) is 0 Å². The van der Waals surface area contributed by atoms with Crippen LogP contribution >= 0.6 is 0 Å². The van der Waals surface area contributed by atoms with Crippen molar-refractivity contribution in [2.75, 3.05) is 13.1 Å². The van der Waals surface area contributed by atoms with Crippen LogP contribution in [0.25, 0.3) is 0 Å². The molecular formula is C10H21N3O. The van der Waals surface area contributed by atoms with Gasteiger partial charge in [-0.3, -0.25) is 4.90 Å². The van der Waals surface area contributed by atoms with Gasteiger partial charge in [-0.25, -0.2) is 0 Å². The Morgan fingerprint density at radius 2 is 2.21 bits per heavy atom. The summed E-state index contributed by atoms with van der Waals surface area (Å²) in [6.07, 6.45) is 3.28. The van der Waals surface area contributed by atoms with E-state index in [1.54, 1.807) is 0 Å². The van der Waals surface area contributed by atoms with Crippen LogP contribution in [0.4, 0.5) is 0 Å². The Labute approximate surface area is 85.8 Å². The summed E-state index contributed by atoms with van der Waals surface area (Å²) in [6.45, 7) is 6.47. The summed E-state index contributed by atoms with van der Waals surface area (Å²) < 4.78 is 0. The Morgan fingerprint density at radius 3 is 2.64 bits per heavy atom. The van der Waals surface area contributed by atoms with Crippen LogP contribution in [-0.4, -0.2) is 35.1 Å². The molecule has 1 aliphatic rings. The third kappa shape index (κ3) is 3.96. The average molecular weight is 199 g/mol. The number of rotatable bonds is 6. The minimum absolute atomic E-state index is 0.333. The van der Waals surface area contributed by atoms with Gasteiger partial charge in [0.2, 0.25) is 0 Å². The monoisotopic (exact) mass is 199 g/mol. The molecule has 1 saturated carbocycles. The van der Waals surface area contributed by atoms with Crippen molar-refractivity contribution in [2.24, 2.45) is 16.8 Å². The molecule has 0 saturated heterocycles. The fourth-order valence-electron chi connectivity index (χ4n) is 1.64. The molecule has 4 heteroatoms. The summed E-state index contributed by atoms with van der Waals surface area (Å²) in [6, 6.07) is 0.754. The van der Waals surface area contributed by atoms with Gasteiger partial charge in [0.05, 0.1) is 0 Å². The molecule has 0 aliphatic heterocycles. The van der Waals surface area contributed by atoms with Crippen LogP contribution in [0.2, 0.25) is 0 Å². The first kappa shape index (κ1) is 11.3. The SMILES string of the molecule is CC(C)CN(CCC(N)=NO)C1CC1. The van der Waals surface area contributed by atoms with Crippen LogP contribution in [-0.2, 0) is 0 Å². The van der Waals surface area contributed by atoms with Crippen molar-refractivity contribution in [2.45, 2.75) is 39.2 Å². The number of nitrogens with two attached hydrogens (primary N) is 1. The molecule has 0 bridgehead atoms. The van der Waals surface area contributed by atoms with Crippen LogP contribution in [0.3, 0.4) is 0 Å². The van der Waals surface area contributed by atoms with E-state index >= 15 is 0 Å². The topological polar surface area (TPSA) is 61.8 Å². The Hall–Kier alpha value is -0.770. The molecule has 1 aliphatic carbocycles. The maximum absolute atomic E-state index is 8.43. The maximum atomic E-state index is 8.43. The Bertz CT molecular complexity index is 200. The van der Waals surface area contributed by atoms with Gasteiger partial charge in [0.1, 0.15) is 5.84 Å². The highest BCUT2D eigenvalue weighted by Gasteiger charge is 2.28. The van der Waals surface area contributed by atoms with Gasteiger partial charge in [-0.15, -0.1) is 0 Å².